The lowest BCUT2D eigenvalue weighted by atomic mass is 10.1. The van der Waals surface area contributed by atoms with E-state index in [0.717, 1.165) is 23.3 Å². The van der Waals surface area contributed by atoms with E-state index in [1.807, 2.05) is 54.6 Å². The van der Waals surface area contributed by atoms with Crippen molar-refractivity contribution in [2.24, 2.45) is 0 Å². The monoisotopic (exact) mass is 297 g/mol. The summed E-state index contributed by atoms with van der Waals surface area (Å²) in [6.07, 6.45) is 1.52. The number of rotatable bonds is 5. The van der Waals surface area contributed by atoms with Gasteiger partial charge < -0.3 is 9.84 Å². The molecule has 0 aliphatic carbocycles. The highest BCUT2D eigenvalue weighted by Gasteiger charge is 2.29. The van der Waals surface area contributed by atoms with Crippen LogP contribution >= 0.6 is 0 Å². The summed E-state index contributed by atoms with van der Waals surface area (Å²) in [7, 11) is 0. The summed E-state index contributed by atoms with van der Waals surface area (Å²) in [5.74, 6) is 0.0469. The van der Waals surface area contributed by atoms with Crippen molar-refractivity contribution in [3.05, 3.63) is 65.7 Å². The van der Waals surface area contributed by atoms with Gasteiger partial charge in [0.25, 0.3) is 0 Å². The highest BCUT2D eigenvalue weighted by Crippen LogP contribution is 2.28. The van der Waals surface area contributed by atoms with Gasteiger partial charge in [0.05, 0.1) is 0 Å². The number of hydrogen-bond acceptors (Lipinski definition) is 3. The fraction of sp³-hybridized carbons (Fsp3) is 0.278. The zero-order valence-corrected chi connectivity index (χ0v) is 12.2. The summed E-state index contributed by atoms with van der Waals surface area (Å²) >= 11 is 0. The maximum absolute atomic E-state index is 11.0. The van der Waals surface area contributed by atoms with Crippen LogP contribution in [0, 0.1) is 0 Å². The highest BCUT2D eigenvalue weighted by atomic mass is 16.5. The summed E-state index contributed by atoms with van der Waals surface area (Å²) in [4.78, 5) is 11.0. The molecule has 0 aromatic heterocycles. The molecule has 0 bridgehead atoms. The number of hydrogen-bond donors (Lipinski definition) is 2. The number of benzene rings is 2. The largest absolute Gasteiger partial charge is 0.489 e. The van der Waals surface area contributed by atoms with Crippen LogP contribution in [0.3, 0.4) is 0 Å². The molecule has 2 aromatic rings. The molecule has 0 radical (unpaired) electrons. The average Bonchev–Trinajstić information content (AvgIpc) is 3.05. The second-order valence-electron chi connectivity index (χ2n) is 5.53. The third kappa shape index (κ3) is 3.46. The van der Waals surface area contributed by atoms with Gasteiger partial charge >= 0.3 is 5.97 Å². The molecule has 2 N–H and O–H groups in total. The quantitative estimate of drug-likeness (QED) is 0.890. The lowest BCUT2D eigenvalue weighted by molar-refractivity contribution is -0.139. The Hall–Kier alpha value is -2.33. The van der Waals surface area contributed by atoms with Crippen LogP contribution < -0.4 is 10.1 Å². The minimum atomic E-state index is -0.773. The normalized spacial score (nSPS) is 20.7. The van der Waals surface area contributed by atoms with E-state index in [0.29, 0.717) is 13.0 Å². The Morgan fingerprint density at radius 1 is 1.09 bits per heavy atom. The van der Waals surface area contributed by atoms with Gasteiger partial charge in [-0.25, -0.2) is 0 Å². The number of aliphatic carboxylic acids is 1. The van der Waals surface area contributed by atoms with Gasteiger partial charge in [0.15, 0.2) is 0 Å². The molecule has 1 aliphatic heterocycles. The molecule has 2 atom stereocenters. The van der Waals surface area contributed by atoms with E-state index >= 15 is 0 Å². The van der Waals surface area contributed by atoms with E-state index in [-0.39, 0.29) is 6.04 Å². The first-order valence-corrected chi connectivity index (χ1v) is 7.48. The standard InChI is InChI=1S/C18H19NO3/c20-18(21)17-11-10-16(19-17)14-6-8-15(9-7-14)22-12-13-4-2-1-3-5-13/h1-9,16-17,19H,10-12H2,(H,20,21)/t16-,17+/m0/s1. The van der Waals surface area contributed by atoms with Crippen LogP contribution in [0.15, 0.2) is 54.6 Å². The Bertz CT molecular complexity index is 625. The van der Waals surface area contributed by atoms with Crippen molar-refractivity contribution in [3.8, 4) is 5.75 Å². The average molecular weight is 297 g/mol. The van der Waals surface area contributed by atoms with E-state index in [2.05, 4.69) is 5.32 Å². The van der Waals surface area contributed by atoms with Crippen molar-refractivity contribution in [2.75, 3.05) is 0 Å². The van der Waals surface area contributed by atoms with Crippen LogP contribution in [0.1, 0.15) is 30.0 Å². The molecule has 1 saturated heterocycles. The van der Waals surface area contributed by atoms with Crippen molar-refractivity contribution in [3.63, 3.8) is 0 Å². The molecule has 0 unspecified atom stereocenters. The topological polar surface area (TPSA) is 58.6 Å². The minimum Gasteiger partial charge on any atom is -0.489 e. The van der Waals surface area contributed by atoms with Crippen LogP contribution in [-0.2, 0) is 11.4 Å². The summed E-state index contributed by atoms with van der Waals surface area (Å²) < 4.78 is 5.75. The predicted molar refractivity (Wildman–Crippen MR) is 83.8 cm³/mol. The molecule has 114 valence electrons. The van der Waals surface area contributed by atoms with E-state index < -0.39 is 12.0 Å². The summed E-state index contributed by atoms with van der Waals surface area (Å²) in [6, 6.07) is 17.6. The van der Waals surface area contributed by atoms with Crippen molar-refractivity contribution in [1.29, 1.82) is 0 Å². The zero-order chi connectivity index (χ0) is 15.4. The number of nitrogens with one attached hydrogen (secondary N) is 1. The second kappa shape index (κ2) is 6.62. The van der Waals surface area contributed by atoms with Crippen molar-refractivity contribution in [2.45, 2.75) is 31.5 Å². The van der Waals surface area contributed by atoms with Crippen LogP contribution in [-0.4, -0.2) is 17.1 Å². The number of carboxylic acids is 1. The third-order valence-electron chi connectivity index (χ3n) is 3.98. The maximum Gasteiger partial charge on any atom is 0.320 e. The van der Waals surface area contributed by atoms with E-state index in [4.69, 9.17) is 9.84 Å². The zero-order valence-electron chi connectivity index (χ0n) is 12.2. The smallest absolute Gasteiger partial charge is 0.320 e. The Morgan fingerprint density at radius 3 is 2.45 bits per heavy atom. The molecular weight excluding hydrogens is 278 g/mol. The summed E-state index contributed by atoms with van der Waals surface area (Å²) in [5, 5.41) is 12.2. The molecule has 4 nitrogen and oxygen atoms in total. The van der Waals surface area contributed by atoms with Gasteiger partial charge in [0, 0.05) is 6.04 Å². The Balaban J connectivity index is 1.58. The first-order chi connectivity index (χ1) is 10.7. The lowest BCUT2D eigenvalue weighted by Gasteiger charge is -2.13. The van der Waals surface area contributed by atoms with Gasteiger partial charge in [-0.1, -0.05) is 42.5 Å². The molecule has 22 heavy (non-hydrogen) atoms. The fourth-order valence-corrected chi connectivity index (χ4v) is 2.74. The molecule has 1 aliphatic rings. The molecule has 1 heterocycles. The Kier molecular flexibility index (Phi) is 4.39. The molecule has 1 fully saturated rings. The summed E-state index contributed by atoms with van der Waals surface area (Å²) in [5.41, 5.74) is 2.24. The number of carboxylic acid groups (broad SMARTS) is 1. The van der Waals surface area contributed by atoms with Crippen molar-refractivity contribution < 1.29 is 14.6 Å². The minimum absolute atomic E-state index is 0.115. The highest BCUT2D eigenvalue weighted by molar-refractivity contribution is 5.73. The molecule has 0 saturated carbocycles. The fourth-order valence-electron chi connectivity index (χ4n) is 2.74. The van der Waals surface area contributed by atoms with E-state index in [9.17, 15) is 4.79 Å². The van der Waals surface area contributed by atoms with E-state index in [1.54, 1.807) is 0 Å². The Labute approximate surface area is 129 Å². The second-order valence-corrected chi connectivity index (χ2v) is 5.53. The van der Waals surface area contributed by atoms with Gasteiger partial charge in [-0.2, -0.15) is 0 Å². The summed E-state index contributed by atoms with van der Waals surface area (Å²) in [6.45, 7) is 0.545. The van der Waals surface area contributed by atoms with Crippen LogP contribution in [0.2, 0.25) is 0 Å². The molecule has 0 amide bonds. The predicted octanol–water partition coefficient (Wildman–Crippen LogP) is 3.14. The number of ether oxygens (including phenoxy) is 1. The van der Waals surface area contributed by atoms with Gasteiger partial charge in [-0.15, -0.1) is 0 Å². The molecule has 0 spiro atoms. The maximum atomic E-state index is 11.0. The van der Waals surface area contributed by atoms with Gasteiger partial charge in [0.2, 0.25) is 0 Å². The Morgan fingerprint density at radius 2 is 1.82 bits per heavy atom. The van der Waals surface area contributed by atoms with Crippen LogP contribution in [0.25, 0.3) is 0 Å². The lowest BCUT2D eigenvalue weighted by Crippen LogP contribution is -2.31. The third-order valence-corrected chi connectivity index (χ3v) is 3.98. The van der Waals surface area contributed by atoms with E-state index in [1.165, 1.54) is 0 Å². The van der Waals surface area contributed by atoms with Crippen LogP contribution in [0.4, 0.5) is 0 Å². The molecule has 4 heteroatoms. The van der Waals surface area contributed by atoms with Gasteiger partial charge in [-0.3, -0.25) is 10.1 Å². The van der Waals surface area contributed by atoms with Gasteiger partial charge in [-0.05, 0) is 36.1 Å². The molecule has 3 rings (SSSR count). The first kappa shape index (κ1) is 14.6. The van der Waals surface area contributed by atoms with Gasteiger partial charge in [0.1, 0.15) is 18.4 Å². The van der Waals surface area contributed by atoms with Crippen molar-refractivity contribution >= 4 is 5.97 Å². The van der Waals surface area contributed by atoms with Crippen LogP contribution in [0.5, 0.6) is 5.75 Å². The molecular formula is C18H19NO3. The number of carbonyl (C=O) groups is 1. The first-order valence-electron chi connectivity index (χ1n) is 7.48. The SMILES string of the molecule is O=C(O)[C@H]1CC[C@@H](c2ccc(OCc3ccccc3)cc2)N1. The molecule has 2 aromatic carbocycles. The van der Waals surface area contributed by atoms with Crippen molar-refractivity contribution in [1.82, 2.24) is 5.32 Å².